The Morgan fingerprint density at radius 3 is 2.08 bits per heavy atom. The van der Waals surface area contributed by atoms with E-state index in [1.807, 2.05) is 0 Å². The molecule has 8 heteroatoms. The van der Waals surface area contributed by atoms with Gasteiger partial charge in [0.25, 0.3) is 0 Å². The highest BCUT2D eigenvalue weighted by molar-refractivity contribution is 7.89. The predicted molar refractivity (Wildman–Crippen MR) is 98.4 cm³/mol. The van der Waals surface area contributed by atoms with E-state index in [2.05, 4.69) is 15.4 Å². The van der Waals surface area contributed by atoms with E-state index in [1.54, 1.807) is 38.1 Å². The molecule has 0 fully saturated rings. The Morgan fingerprint density at radius 1 is 1.00 bits per heavy atom. The van der Waals surface area contributed by atoms with E-state index in [4.69, 9.17) is 12.2 Å². The lowest BCUT2D eigenvalue weighted by molar-refractivity contribution is 0.587. The van der Waals surface area contributed by atoms with Crippen LogP contribution in [0.3, 0.4) is 0 Å². The summed E-state index contributed by atoms with van der Waals surface area (Å²) in [5, 5.41) is 5.99. The molecule has 0 heterocycles. The molecule has 128 valence electrons. The van der Waals surface area contributed by atoms with Crippen molar-refractivity contribution in [2.75, 3.05) is 17.7 Å². The Labute approximate surface area is 146 Å². The maximum absolute atomic E-state index is 13.5. The van der Waals surface area contributed by atoms with Gasteiger partial charge in [-0.3, -0.25) is 0 Å². The lowest BCUT2D eigenvalue weighted by Gasteiger charge is -2.13. The van der Waals surface area contributed by atoms with Crippen molar-refractivity contribution in [2.45, 2.75) is 18.7 Å². The highest BCUT2D eigenvalue weighted by Gasteiger charge is 2.15. The topological polar surface area (TPSA) is 70.2 Å². The number of benzene rings is 2. The molecule has 0 spiro atoms. The van der Waals surface area contributed by atoms with E-state index < -0.39 is 10.0 Å². The van der Waals surface area contributed by atoms with Gasteiger partial charge >= 0.3 is 0 Å². The van der Waals surface area contributed by atoms with Crippen molar-refractivity contribution in [3.63, 3.8) is 0 Å². The van der Waals surface area contributed by atoms with E-state index in [9.17, 15) is 12.8 Å². The second kappa shape index (κ2) is 7.25. The van der Waals surface area contributed by atoms with Gasteiger partial charge in [-0.15, -0.1) is 0 Å². The van der Waals surface area contributed by atoms with Crippen LogP contribution in [0.5, 0.6) is 0 Å². The maximum Gasteiger partial charge on any atom is 0.240 e. The molecule has 2 aromatic carbocycles. The molecule has 0 aliphatic carbocycles. The molecule has 0 saturated heterocycles. The fourth-order valence-electron chi connectivity index (χ4n) is 2.04. The fraction of sp³-hybridized carbons (Fsp3) is 0.188. The quantitative estimate of drug-likeness (QED) is 0.724. The molecule has 0 radical (unpaired) electrons. The van der Waals surface area contributed by atoms with Crippen LogP contribution in [0.2, 0.25) is 0 Å². The van der Waals surface area contributed by atoms with E-state index in [0.29, 0.717) is 22.5 Å². The molecule has 0 unspecified atom stereocenters. The molecule has 0 aromatic heterocycles. The molecule has 3 N–H and O–H groups in total. The number of aryl methyl sites for hydroxylation is 2. The minimum absolute atomic E-state index is 0.166. The molecule has 5 nitrogen and oxygen atoms in total. The largest absolute Gasteiger partial charge is 0.332 e. The molecular weight excluding hydrogens is 349 g/mol. The lowest BCUT2D eigenvalue weighted by Crippen LogP contribution is -2.21. The molecule has 0 aliphatic rings. The number of sulfonamides is 1. The number of hydrogen-bond acceptors (Lipinski definition) is 3. The summed E-state index contributed by atoms with van der Waals surface area (Å²) < 4.78 is 39.8. The summed E-state index contributed by atoms with van der Waals surface area (Å²) in [4.78, 5) is 0.166. The molecular formula is C16H18FN3O2S2. The summed E-state index contributed by atoms with van der Waals surface area (Å²) in [5.41, 5.74) is 2.18. The van der Waals surface area contributed by atoms with Crippen LogP contribution in [0, 0.1) is 19.7 Å². The number of anilines is 2. The van der Waals surface area contributed by atoms with Gasteiger partial charge in [-0.1, -0.05) is 12.1 Å². The third-order valence-corrected chi connectivity index (χ3v) is 5.19. The van der Waals surface area contributed by atoms with Crippen LogP contribution in [0.15, 0.2) is 41.3 Å². The summed E-state index contributed by atoms with van der Waals surface area (Å²) in [6.07, 6.45) is 0. The molecule has 2 aromatic rings. The first-order valence-electron chi connectivity index (χ1n) is 7.11. The van der Waals surface area contributed by atoms with Crippen LogP contribution in [-0.4, -0.2) is 20.6 Å². The minimum atomic E-state index is -3.56. The third kappa shape index (κ3) is 4.28. The van der Waals surface area contributed by atoms with Crippen molar-refractivity contribution in [2.24, 2.45) is 0 Å². The SMILES string of the molecule is CNS(=O)(=O)c1cc(NC(=S)Nc2ccc(C)c(F)c2)ccc1C. The molecule has 0 saturated carbocycles. The Kier molecular flexibility index (Phi) is 5.53. The number of hydrogen-bond donors (Lipinski definition) is 3. The Morgan fingerprint density at radius 2 is 1.54 bits per heavy atom. The van der Waals surface area contributed by atoms with Gasteiger partial charge in [0.15, 0.2) is 5.11 Å². The van der Waals surface area contributed by atoms with Crippen LogP contribution in [0.1, 0.15) is 11.1 Å². The standard InChI is InChI=1S/C16H18FN3O2S2/c1-10-4-6-12(8-14(10)17)19-16(23)20-13-7-5-11(2)15(9-13)24(21,22)18-3/h4-9,18H,1-3H3,(H2,19,20,23). The second-order valence-corrected chi connectivity index (χ2v) is 7.49. The van der Waals surface area contributed by atoms with E-state index >= 15 is 0 Å². The highest BCUT2D eigenvalue weighted by atomic mass is 32.2. The molecule has 24 heavy (non-hydrogen) atoms. The van der Waals surface area contributed by atoms with Crippen LogP contribution in [-0.2, 0) is 10.0 Å². The summed E-state index contributed by atoms with van der Waals surface area (Å²) >= 11 is 5.18. The average Bonchev–Trinajstić information content (AvgIpc) is 2.52. The van der Waals surface area contributed by atoms with Gasteiger partial charge in [0.2, 0.25) is 10.0 Å². The molecule has 2 rings (SSSR count). The van der Waals surface area contributed by atoms with Crippen molar-refractivity contribution in [3.8, 4) is 0 Å². The van der Waals surface area contributed by atoms with Crippen molar-refractivity contribution in [3.05, 3.63) is 53.3 Å². The maximum atomic E-state index is 13.5. The van der Waals surface area contributed by atoms with Crippen LogP contribution >= 0.6 is 12.2 Å². The molecule has 0 atom stereocenters. The summed E-state index contributed by atoms with van der Waals surface area (Å²) in [7, 11) is -2.21. The second-order valence-electron chi connectivity index (χ2n) is 5.23. The van der Waals surface area contributed by atoms with Crippen molar-refractivity contribution < 1.29 is 12.8 Å². The fourth-order valence-corrected chi connectivity index (χ4v) is 3.27. The van der Waals surface area contributed by atoms with Crippen LogP contribution in [0.25, 0.3) is 0 Å². The van der Waals surface area contributed by atoms with Gasteiger partial charge in [-0.25, -0.2) is 17.5 Å². The molecule has 0 aliphatic heterocycles. The molecule has 0 bridgehead atoms. The molecule has 0 amide bonds. The van der Waals surface area contributed by atoms with E-state index in [1.165, 1.54) is 19.2 Å². The van der Waals surface area contributed by atoms with Gasteiger partial charge < -0.3 is 10.6 Å². The zero-order valence-electron chi connectivity index (χ0n) is 13.5. The lowest BCUT2D eigenvalue weighted by atomic mass is 10.2. The van der Waals surface area contributed by atoms with Gasteiger partial charge in [0.05, 0.1) is 4.90 Å². The zero-order valence-corrected chi connectivity index (χ0v) is 15.1. The van der Waals surface area contributed by atoms with Gasteiger partial charge in [0.1, 0.15) is 5.82 Å². The van der Waals surface area contributed by atoms with E-state index in [-0.39, 0.29) is 15.8 Å². The summed E-state index contributed by atoms with van der Waals surface area (Å²) in [6.45, 7) is 3.38. The zero-order chi connectivity index (χ0) is 17.9. The average molecular weight is 367 g/mol. The smallest absolute Gasteiger partial charge is 0.240 e. The summed E-state index contributed by atoms with van der Waals surface area (Å²) in [5.74, 6) is -0.333. The number of thiocarbonyl (C=S) groups is 1. The van der Waals surface area contributed by atoms with Crippen molar-refractivity contribution in [1.29, 1.82) is 0 Å². The summed E-state index contributed by atoms with van der Waals surface area (Å²) in [6, 6.07) is 9.58. The van der Waals surface area contributed by atoms with Crippen molar-refractivity contribution >= 4 is 38.7 Å². The highest BCUT2D eigenvalue weighted by Crippen LogP contribution is 2.20. The van der Waals surface area contributed by atoms with Crippen LogP contribution in [0.4, 0.5) is 15.8 Å². The van der Waals surface area contributed by atoms with Gasteiger partial charge in [-0.2, -0.15) is 0 Å². The monoisotopic (exact) mass is 367 g/mol. The van der Waals surface area contributed by atoms with Gasteiger partial charge in [0, 0.05) is 11.4 Å². The van der Waals surface area contributed by atoms with Crippen LogP contribution < -0.4 is 15.4 Å². The minimum Gasteiger partial charge on any atom is -0.332 e. The first-order chi connectivity index (χ1) is 11.2. The van der Waals surface area contributed by atoms with Crippen molar-refractivity contribution in [1.82, 2.24) is 4.72 Å². The Bertz CT molecular complexity index is 883. The first-order valence-corrected chi connectivity index (χ1v) is 9.00. The number of rotatable bonds is 4. The Balaban J connectivity index is 2.17. The normalized spacial score (nSPS) is 11.2. The number of halogens is 1. The van der Waals surface area contributed by atoms with Gasteiger partial charge in [-0.05, 0) is 68.5 Å². The third-order valence-electron chi connectivity index (χ3n) is 3.43. The first kappa shape index (κ1) is 18.3. The predicted octanol–water partition coefficient (Wildman–Crippen LogP) is 3.16. The Hall–Kier alpha value is -2.03. The van der Waals surface area contributed by atoms with E-state index in [0.717, 1.165) is 0 Å². The number of nitrogens with one attached hydrogen (secondary N) is 3.